The van der Waals surface area contributed by atoms with Gasteiger partial charge in [0.1, 0.15) is 0 Å². The summed E-state index contributed by atoms with van der Waals surface area (Å²) in [5.41, 5.74) is 6.28. The van der Waals surface area contributed by atoms with Crippen molar-refractivity contribution in [3.63, 3.8) is 0 Å². The van der Waals surface area contributed by atoms with Crippen LogP contribution in [0.25, 0.3) is 0 Å². The van der Waals surface area contributed by atoms with Crippen molar-refractivity contribution in [2.75, 3.05) is 25.4 Å². The Labute approximate surface area is 174 Å². The first-order chi connectivity index (χ1) is 13.3. The maximum Gasteiger partial charge on any atom is 0.226 e. The highest BCUT2D eigenvalue weighted by atomic mass is 32.2. The highest BCUT2D eigenvalue weighted by Gasteiger charge is 2.37. The van der Waals surface area contributed by atoms with E-state index in [-0.39, 0.29) is 11.3 Å². The standard InChI is InChI=1S/C22H37N3O2S/c1-4-22(12-6-5-7-13-22)21(27)24-14-19(26)16-25(15-17(2)3)28-20-10-8-18(23)9-11-20/h8-11,17,19,26H,4-7,12-16,23H2,1-3H3,(H,24,27)/t19-/m0/s1. The van der Waals surface area contributed by atoms with Gasteiger partial charge in [-0.1, -0.05) is 40.0 Å². The Balaban J connectivity index is 1.88. The van der Waals surface area contributed by atoms with Gasteiger partial charge < -0.3 is 16.2 Å². The number of hydrogen-bond acceptors (Lipinski definition) is 5. The maximum atomic E-state index is 12.8. The highest BCUT2D eigenvalue weighted by molar-refractivity contribution is 7.97. The zero-order valence-corrected chi connectivity index (χ0v) is 18.4. The molecule has 0 radical (unpaired) electrons. The molecular formula is C22H37N3O2S. The van der Waals surface area contributed by atoms with E-state index in [1.54, 1.807) is 11.9 Å². The molecule has 1 atom stereocenters. The molecule has 0 saturated heterocycles. The number of carbonyl (C=O) groups is 1. The van der Waals surface area contributed by atoms with Gasteiger partial charge in [-0.15, -0.1) is 0 Å². The number of nitrogens with two attached hydrogens (primary N) is 1. The molecule has 1 saturated carbocycles. The molecule has 2 rings (SSSR count). The number of nitrogens with zero attached hydrogens (tertiary/aromatic N) is 1. The summed E-state index contributed by atoms with van der Waals surface area (Å²) in [5, 5.41) is 13.6. The molecular weight excluding hydrogens is 370 g/mol. The van der Waals surface area contributed by atoms with E-state index in [2.05, 4.69) is 30.4 Å². The molecule has 1 amide bonds. The quantitative estimate of drug-likeness (QED) is 0.402. The zero-order valence-electron chi connectivity index (χ0n) is 17.6. The van der Waals surface area contributed by atoms with Crippen LogP contribution >= 0.6 is 11.9 Å². The van der Waals surface area contributed by atoms with E-state index in [4.69, 9.17) is 5.73 Å². The van der Waals surface area contributed by atoms with E-state index >= 15 is 0 Å². The van der Waals surface area contributed by atoms with Crippen LogP contribution in [0, 0.1) is 11.3 Å². The predicted octanol–water partition coefficient (Wildman–Crippen LogP) is 4.07. The van der Waals surface area contributed by atoms with Gasteiger partial charge in [0, 0.05) is 35.6 Å². The lowest BCUT2D eigenvalue weighted by atomic mass is 9.71. The average Bonchev–Trinajstić information content (AvgIpc) is 2.67. The van der Waals surface area contributed by atoms with Gasteiger partial charge in [-0.25, -0.2) is 4.31 Å². The summed E-state index contributed by atoms with van der Waals surface area (Å²) in [6, 6.07) is 7.77. The lowest BCUT2D eigenvalue weighted by Gasteiger charge is -2.35. The minimum absolute atomic E-state index is 0.121. The van der Waals surface area contributed by atoms with Crippen LogP contribution in [0.2, 0.25) is 0 Å². The van der Waals surface area contributed by atoms with Crippen LogP contribution in [-0.4, -0.2) is 41.1 Å². The minimum atomic E-state index is -0.596. The molecule has 5 nitrogen and oxygen atoms in total. The van der Waals surface area contributed by atoms with Gasteiger partial charge in [-0.05, 0) is 61.4 Å². The Morgan fingerprint density at radius 3 is 2.43 bits per heavy atom. The minimum Gasteiger partial charge on any atom is -0.399 e. The van der Waals surface area contributed by atoms with E-state index in [9.17, 15) is 9.90 Å². The van der Waals surface area contributed by atoms with Crippen LogP contribution < -0.4 is 11.1 Å². The smallest absolute Gasteiger partial charge is 0.226 e. The summed E-state index contributed by atoms with van der Waals surface area (Å²) in [4.78, 5) is 13.9. The molecule has 0 heterocycles. The Kier molecular flexibility index (Phi) is 9.12. The number of hydrogen-bond donors (Lipinski definition) is 3. The van der Waals surface area contributed by atoms with Crippen molar-refractivity contribution in [1.29, 1.82) is 0 Å². The van der Waals surface area contributed by atoms with Gasteiger partial charge in [0.05, 0.1) is 6.10 Å². The molecule has 0 spiro atoms. The normalized spacial score (nSPS) is 17.6. The lowest BCUT2D eigenvalue weighted by Crippen LogP contribution is -2.46. The number of nitrogen functional groups attached to an aromatic ring is 1. The van der Waals surface area contributed by atoms with Crippen molar-refractivity contribution in [3.8, 4) is 0 Å². The van der Waals surface area contributed by atoms with Crippen LogP contribution in [0.4, 0.5) is 5.69 Å². The number of aliphatic hydroxyl groups is 1. The Bertz CT molecular complexity index is 600. The monoisotopic (exact) mass is 407 g/mol. The topological polar surface area (TPSA) is 78.6 Å². The summed E-state index contributed by atoms with van der Waals surface area (Å²) in [5.74, 6) is 0.601. The summed E-state index contributed by atoms with van der Waals surface area (Å²) in [6.45, 7) is 8.11. The van der Waals surface area contributed by atoms with E-state index < -0.39 is 6.10 Å². The second-order valence-corrected chi connectivity index (χ2v) is 9.63. The first-order valence-electron chi connectivity index (χ1n) is 10.6. The molecule has 1 aliphatic rings. The molecule has 0 bridgehead atoms. The van der Waals surface area contributed by atoms with Crippen molar-refractivity contribution >= 4 is 23.5 Å². The van der Waals surface area contributed by atoms with Crippen LogP contribution in [0.3, 0.4) is 0 Å². The second kappa shape index (κ2) is 11.1. The van der Waals surface area contributed by atoms with E-state index in [1.807, 2.05) is 24.3 Å². The molecule has 6 heteroatoms. The van der Waals surface area contributed by atoms with Gasteiger partial charge in [0.2, 0.25) is 5.91 Å². The van der Waals surface area contributed by atoms with Crippen molar-refractivity contribution in [1.82, 2.24) is 9.62 Å². The maximum absolute atomic E-state index is 12.8. The first kappa shape index (κ1) is 23.0. The number of carbonyl (C=O) groups excluding carboxylic acids is 1. The van der Waals surface area contributed by atoms with Gasteiger partial charge in [-0.3, -0.25) is 4.79 Å². The van der Waals surface area contributed by atoms with Crippen molar-refractivity contribution < 1.29 is 9.90 Å². The molecule has 0 aliphatic heterocycles. The van der Waals surface area contributed by atoms with Gasteiger partial charge >= 0.3 is 0 Å². The fourth-order valence-electron chi connectivity index (χ4n) is 3.90. The number of benzene rings is 1. The Hall–Kier alpha value is -1.24. The van der Waals surface area contributed by atoms with Gasteiger partial charge in [0.15, 0.2) is 0 Å². The second-order valence-electron chi connectivity index (χ2n) is 8.46. The summed E-state index contributed by atoms with van der Waals surface area (Å²) in [6.07, 6.45) is 5.71. The molecule has 1 aromatic carbocycles. The third-order valence-corrected chi connectivity index (χ3v) is 6.60. The zero-order chi connectivity index (χ0) is 20.6. The SMILES string of the molecule is CCC1(C(=O)NC[C@H](O)CN(CC(C)C)Sc2ccc(N)cc2)CCCCC1. The summed E-state index contributed by atoms with van der Waals surface area (Å²) < 4.78 is 2.17. The largest absolute Gasteiger partial charge is 0.399 e. The number of anilines is 1. The van der Waals surface area contributed by atoms with Crippen molar-refractivity contribution in [3.05, 3.63) is 24.3 Å². The van der Waals surface area contributed by atoms with Crippen LogP contribution in [0.15, 0.2) is 29.2 Å². The average molecular weight is 408 g/mol. The van der Waals surface area contributed by atoms with Crippen molar-refractivity contribution in [2.45, 2.75) is 70.3 Å². The van der Waals surface area contributed by atoms with E-state index in [0.717, 1.165) is 49.2 Å². The molecule has 0 aromatic heterocycles. The van der Waals surface area contributed by atoms with E-state index in [1.165, 1.54) is 6.42 Å². The van der Waals surface area contributed by atoms with Crippen molar-refractivity contribution in [2.24, 2.45) is 11.3 Å². The molecule has 28 heavy (non-hydrogen) atoms. The molecule has 158 valence electrons. The van der Waals surface area contributed by atoms with Crippen LogP contribution in [0.5, 0.6) is 0 Å². The van der Waals surface area contributed by atoms with E-state index in [0.29, 0.717) is 19.0 Å². The Morgan fingerprint density at radius 2 is 1.86 bits per heavy atom. The van der Waals surface area contributed by atoms with Gasteiger partial charge in [-0.2, -0.15) is 0 Å². The molecule has 1 fully saturated rings. The first-order valence-corrected chi connectivity index (χ1v) is 11.4. The molecule has 1 aliphatic carbocycles. The fraction of sp³-hybridized carbons (Fsp3) is 0.682. The predicted molar refractivity (Wildman–Crippen MR) is 118 cm³/mol. The van der Waals surface area contributed by atoms with Crippen LogP contribution in [-0.2, 0) is 4.79 Å². The fourth-order valence-corrected chi connectivity index (χ4v) is 5.08. The third kappa shape index (κ3) is 6.98. The highest BCUT2D eigenvalue weighted by Crippen LogP contribution is 2.39. The Morgan fingerprint density at radius 1 is 1.21 bits per heavy atom. The summed E-state index contributed by atoms with van der Waals surface area (Å²) in [7, 11) is 0. The lowest BCUT2D eigenvalue weighted by molar-refractivity contribution is -0.133. The summed E-state index contributed by atoms with van der Waals surface area (Å²) >= 11 is 1.63. The number of amides is 1. The molecule has 4 N–H and O–H groups in total. The number of nitrogens with one attached hydrogen (secondary N) is 1. The van der Waals surface area contributed by atoms with Gasteiger partial charge in [0.25, 0.3) is 0 Å². The van der Waals surface area contributed by atoms with Crippen LogP contribution in [0.1, 0.15) is 59.3 Å². The number of rotatable bonds is 10. The molecule has 0 unspecified atom stereocenters. The third-order valence-electron chi connectivity index (χ3n) is 5.57. The molecule has 1 aromatic rings. The number of aliphatic hydroxyl groups excluding tert-OH is 1.